The van der Waals surface area contributed by atoms with Crippen LogP contribution in [-0.4, -0.2) is 6.18 Å². The maximum Gasteiger partial charge on any atom is 0.416 e. The van der Waals surface area contributed by atoms with E-state index in [0.29, 0.717) is 5.56 Å². The van der Waals surface area contributed by atoms with Crippen LogP contribution in [0.5, 0.6) is 0 Å². The Morgan fingerprint density at radius 3 is 2.05 bits per heavy atom. The first-order valence-corrected chi connectivity index (χ1v) is 6.54. The van der Waals surface area contributed by atoms with E-state index in [0.717, 1.165) is 23.3 Å². The smallest absolute Gasteiger partial charge is 0.166 e. The molecule has 0 aromatic heterocycles. The van der Waals surface area contributed by atoms with Gasteiger partial charge < -0.3 is 0 Å². The lowest BCUT2D eigenvalue weighted by Gasteiger charge is -2.08. The van der Waals surface area contributed by atoms with Crippen LogP contribution in [0.2, 0.25) is 0 Å². The van der Waals surface area contributed by atoms with Gasteiger partial charge >= 0.3 is 6.18 Å². The van der Waals surface area contributed by atoms with Crippen LogP contribution < -0.4 is 0 Å². The molecule has 2 rings (SSSR count). The maximum atomic E-state index is 13.1. The predicted octanol–water partition coefficient (Wildman–Crippen LogP) is 5.65. The molecule has 0 spiro atoms. The second-order valence-electron chi connectivity index (χ2n) is 4.75. The van der Waals surface area contributed by atoms with Crippen molar-refractivity contribution < 1.29 is 13.2 Å². The Labute approximate surface area is 122 Å². The molecule has 0 aliphatic rings. The molecule has 0 heterocycles. The van der Waals surface area contributed by atoms with Gasteiger partial charge in [-0.3, -0.25) is 0 Å². The molecule has 0 N–H and O–H groups in total. The van der Waals surface area contributed by atoms with E-state index in [4.69, 9.17) is 0 Å². The average molecular weight is 288 g/mol. The van der Waals surface area contributed by atoms with Gasteiger partial charge in [0, 0.05) is 0 Å². The van der Waals surface area contributed by atoms with Gasteiger partial charge in [-0.2, -0.15) is 13.2 Å². The minimum atomic E-state index is -4.38. The molecule has 0 atom stereocenters. The fourth-order valence-electron chi connectivity index (χ4n) is 1.82. The van der Waals surface area contributed by atoms with Crippen molar-refractivity contribution in [1.29, 1.82) is 0 Å². The van der Waals surface area contributed by atoms with Crippen molar-refractivity contribution in [3.05, 3.63) is 82.9 Å². The molecule has 0 radical (unpaired) electrons. The Morgan fingerprint density at radius 2 is 1.48 bits per heavy atom. The van der Waals surface area contributed by atoms with Gasteiger partial charge in [0.2, 0.25) is 0 Å². The van der Waals surface area contributed by atoms with E-state index in [-0.39, 0.29) is 0 Å². The summed E-state index contributed by atoms with van der Waals surface area (Å²) in [5.74, 6) is 0. The highest BCUT2D eigenvalue weighted by Crippen LogP contribution is 2.29. The van der Waals surface area contributed by atoms with Crippen LogP contribution in [0, 0.1) is 6.92 Å². The van der Waals surface area contributed by atoms with Crippen molar-refractivity contribution in [3.8, 4) is 0 Å². The van der Waals surface area contributed by atoms with Crippen molar-refractivity contribution in [3.63, 3.8) is 0 Å². The third-order valence-electron chi connectivity index (χ3n) is 2.98. The fraction of sp³-hybridized carbons (Fsp3) is 0.111. The van der Waals surface area contributed by atoms with Crippen molar-refractivity contribution >= 4 is 12.2 Å². The summed E-state index contributed by atoms with van der Waals surface area (Å²) in [4.78, 5) is 0. The molecule has 108 valence electrons. The molecule has 21 heavy (non-hydrogen) atoms. The standard InChI is InChI=1S/C18H15F3/c1-14-7-9-16(10-8-14)13-17(18(19,20)21)12-11-15-5-3-2-4-6-15/h2-13H,1H3/b12-11+,17-13+. The zero-order chi connectivity index (χ0) is 15.3. The molecule has 0 saturated carbocycles. The van der Waals surface area contributed by atoms with Gasteiger partial charge in [-0.15, -0.1) is 0 Å². The monoisotopic (exact) mass is 288 g/mol. The summed E-state index contributed by atoms with van der Waals surface area (Å²) in [6.07, 6.45) is -0.655. The number of benzene rings is 2. The predicted molar refractivity (Wildman–Crippen MR) is 80.7 cm³/mol. The van der Waals surface area contributed by atoms with E-state index in [1.807, 2.05) is 13.0 Å². The molecular weight excluding hydrogens is 273 g/mol. The maximum absolute atomic E-state index is 13.1. The molecule has 0 amide bonds. The number of halogens is 3. The van der Waals surface area contributed by atoms with E-state index >= 15 is 0 Å². The number of hydrogen-bond donors (Lipinski definition) is 0. The third-order valence-corrected chi connectivity index (χ3v) is 2.98. The molecule has 0 unspecified atom stereocenters. The molecule has 0 fully saturated rings. The van der Waals surface area contributed by atoms with Crippen LogP contribution in [0.4, 0.5) is 13.2 Å². The number of allylic oxidation sites excluding steroid dienone is 2. The summed E-state index contributed by atoms with van der Waals surface area (Å²) < 4.78 is 39.2. The van der Waals surface area contributed by atoms with Crippen LogP contribution in [0.25, 0.3) is 12.2 Å². The van der Waals surface area contributed by atoms with Crippen LogP contribution >= 0.6 is 0 Å². The lowest BCUT2D eigenvalue weighted by atomic mass is 10.1. The van der Waals surface area contributed by atoms with Gasteiger partial charge in [-0.05, 0) is 30.2 Å². The van der Waals surface area contributed by atoms with Crippen LogP contribution in [-0.2, 0) is 0 Å². The van der Waals surface area contributed by atoms with Crippen LogP contribution in [0.15, 0.2) is 66.2 Å². The van der Waals surface area contributed by atoms with Crippen LogP contribution in [0.3, 0.4) is 0 Å². The van der Waals surface area contributed by atoms with Crippen molar-refractivity contribution in [1.82, 2.24) is 0 Å². The molecule has 0 saturated heterocycles. The summed E-state index contributed by atoms with van der Waals surface area (Å²) in [6.45, 7) is 1.90. The zero-order valence-corrected chi connectivity index (χ0v) is 11.6. The molecule has 2 aromatic carbocycles. The zero-order valence-electron chi connectivity index (χ0n) is 11.6. The summed E-state index contributed by atoms with van der Waals surface area (Å²) in [5, 5.41) is 0. The molecule has 2 aromatic rings. The fourth-order valence-corrected chi connectivity index (χ4v) is 1.82. The lowest BCUT2D eigenvalue weighted by Crippen LogP contribution is -2.09. The summed E-state index contributed by atoms with van der Waals surface area (Å²) >= 11 is 0. The van der Waals surface area contributed by atoms with Gasteiger partial charge in [0.25, 0.3) is 0 Å². The summed E-state index contributed by atoms with van der Waals surface area (Å²) in [6, 6.07) is 15.9. The Hall–Kier alpha value is -2.29. The second kappa shape index (κ2) is 6.44. The second-order valence-corrected chi connectivity index (χ2v) is 4.75. The van der Waals surface area contributed by atoms with Gasteiger partial charge in [-0.25, -0.2) is 0 Å². The molecule has 0 bridgehead atoms. The first-order valence-electron chi connectivity index (χ1n) is 6.54. The highest BCUT2D eigenvalue weighted by molar-refractivity contribution is 5.62. The first-order chi connectivity index (χ1) is 9.95. The SMILES string of the molecule is Cc1ccc(/C=C(\C=C\c2ccccc2)C(F)(F)F)cc1. The number of hydrogen-bond acceptors (Lipinski definition) is 0. The first kappa shape index (κ1) is 15.1. The topological polar surface area (TPSA) is 0 Å². The lowest BCUT2D eigenvalue weighted by molar-refractivity contribution is -0.0872. The van der Waals surface area contributed by atoms with Crippen molar-refractivity contribution in [2.45, 2.75) is 13.1 Å². The largest absolute Gasteiger partial charge is 0.416 e. The Kier molecular flexibility index (Phi) is 4.63. The van der Waals surface area contributed by atoms with Crippen molar-refractivity contribution in [2.75, 3.05) is 0 Å². The highest BCUT2D eigenvalue weighted by Gasteiger charge is 2.31. The van der Waals surface area contributed by atoms with E-state index in [9.17, 15) is 13.2 Å². The van der Waals surface area contributed by atoms with Gasteiger partial charge in [0.05, 0.1) is 5.57 Å². The van der Waals surface area contributed by atoms with Crippen LogP contribution in [0.1, 0.15) is 16.7 Å². The van der Waals surface area contributed by atoms with Crippen molar-refractivity contribution in [2.24, 2.45) is 0 Å². The van der Waals surface area contributed by atoms with E-state index in [2.05, 4.69) is 0 Å². The average Bonchev–Trinajstić information content (AvgIpc) is 2.45. The normalized spacial score (nSPS) is 12.9. The summed E-state index contributed by atoms with van der Waals surface area (Å²) in [5.41, 5.74) is 1.61. The Balaban J connectivity index is 2.31. The van der Waals surface area contributed by atoms with Gasteiger partial charge in [-0.1, -0.05) is 66.2 Å². The Morgan fingerprint density at radius 1 is 0.857 bits per heavy atom. The Bertz CT molecular complexity index is 632. The van der Waals surface area contributed by atoms with E-state index in [1.54, 1.807) is 48.5 Å². The number of aryl methyl sites for hydroxylation is 1. The molecule has 0 aliphatic heterocycles. The minimum absolute atomic E-state index is 0.533. The summed E-state index contributed by atoms with van der Waals surface area (Å²) in [7, 11) is 0. The quantitative estimate of drug-likeness (QED) is 0.640. The molecule has 0 nitrogen and oxygen atoms in total. The van der Waals surface area contributed by atoms with Gasteiger partial charge in [0.1, 0.15) is 0 Å². The number of rotatable bonds is 3. The third kappa shape index (κ3) is 4.63. The molecule has 0 aliphatic carbocycles. The molecule has 3 heteroatoms. The van der Waals surface area contributed by atoms with Gasteiger partial charge in [0.15, 0.2) is 0 Å². The highest BCUT2D eigenvalue weighted by atomic mass is 19.4. The van der Waals surface area contributed by atoms with E-state index in [1.165, 1.54) is 6.08 Å². The number of alkyl halides is 3. The molecular formula is C18H15F3. The minimum Gasteiger partial charge on any atom is -0.166 e. The van der Waals surface area contributed by atoms with E-state index < -0.39 is 11.7 Å².